The molecule has 0 aliphatic carbocycles. The first-order valence-corrected chi connectivity index (χ1v) is 10.1. The van der Waals surface area contributed by atoms with Gasteiger partial charge < -0.3 is 10.6 Å². The van der Waals surface area contributed by atoms with E-state index in [-0.39, 0.29) is 31.0 Å². The molecule has 1 unspecified atom stereocenters. The van der Waals surface area contributed by atoms with Crippen LogP contribution in [0.5, 0.6) is 0 Å². The number of hydrogen-bond donors (Lipinski definition) is 3. The Morgan fingerprint density at radius 1 is 1.16 bits per heavy atom. The van der Waals surface area contributed by atoms with Gasteiger partial charge in [-0.05, 0) is 18.6 Å². The van der Waals surface area contributed by atoms with Gasteiger partial charge in [0, 0.05) is 5.56 Å². The fourth-order valence-corrected chi connectivity index (χ4v) is 3.03. The van der Waals surface area contributed by atoms with E-state index in [0.717, 1.165) is 19.3 Å². The molecule has 0 radical (unpaired) electrons. The molecule has 2 aromatic rings. The highest BCUT2D eigenvalue weighted by molar-refractivity contribution is 5.93. The molecule has 0 aliphatic heterocycles. The van der Waals surface area contributed by atoms with Gasteiger partial charge in [0.1, 0.15) is 17.2 Å². The minimum Gasteiger partial charge on any atom is -0.338 e. The second kappa shape index (κ2) is 12.4. The van der Waals surface area contributed by atoms with Gasteiger partial charge in [-0.1, -0.05) is 56.5 Å². The van der Waals surface area contributed by atoms with Crippen molar-refractivity contribution in [3.8, 4) is 11.3 Å². The van der Waals surface area contributed by atoms with Gasteiger partial charge in [0.15, 0.2) is 0 Å². The fourth-order valence-electron chi connectivity index (χ4n) is 3.03. The first-order chi connectivity index (χ1) is 15.0. The number of halogens is 1. The van der Waals surface area contributed by atoms with E-state index in [1.165, 1.54) is 12.1 Å². The van der Waals surface area contributed by atoms with E-state index in [2.05, 4.69) is 15.6 Å². The number of unbranched alkanes of at least 4 members (excludes halogenated alkanes) is 2. The van der Waals surface area contributed by atoms with Crippen LogP contribution in [-0.2, 0) is 9.59 Å². The predicted molar refractivity (Wildman–Crippen MR) is 112 cm³/mol. The Labute approximate surface area is 180 Å². The topological polar surface area (TPSA) is 112 Å². The molecule has 1 atom stereocenters. The van der Waals surface area contributed by atoms with Crippen molar-refractivity contribution < 1.29 is 24.0 Å². The Hall–Kier alpha value is -3.33. The summed E-state index contributed by atoms with van der Waals surface area (Å²) in [5, 5.41) is 14.9. The number of hydrogen-bond acceptors (Lipinski definition) is 5. The second-order valence-corrected chi connectivity index (χ2v) is 7.04. The van der Waals surface area contributed by atoms with Crippen molar-refractivity contribution in [3.63, 3.8) is 0 Å². The molecule has 0 aliphatic rings. The van der Waals surface area contributed by atoms with Crippen molar-refractivity contribution in [1.29, 1.82) is 0 Å². The first kappa shape index (κ1) is 23.9. The van der Waals surface area contributed by atoms with Crippen LogP contribution < -0.4 is 10.6 Å². The third-order valence-corrected chi connectivity index (χ3v) is 4.69. The summed E-state index contributed by atoms with van der Waals surface area (Å²) in [6.45, 7) is 1.72. The quantitative estimate of drug-likeness (QED) is 0.158. The lowest BCUT2D eigenvalue weighted by molar-refractivity contribution is -0.154. The predicted octanol–water partition coefficient (Wildman–Crippen LogP) is 2.74. The number of rotatable bonds is 12. The zero-order chi connectivity index (χ0) is 22.6. The van der Waals surface area contributed by atoms with E-state index in [1.807, 2.05) is 6.92 Å². The van der Waals surface area contributed by atoms with E-state index in [1.54, 1.807) is 30.3 Å². The van der Waals surface area contributed by atoms with Crippen molar-refractivity contribution >= 4 is 18.2 Å². The van der Waals surface area contributed by atoms with E-state index in [0.29, 0.717) is 17.0 Å². The Balaban J connectivity index is 1.95. The summed E-state index contributed by atoms with van der Waals surface area (Å²) < 4.78 is 14.1. The average Bonchev–Trinajstić information content (AvgIpc) is 2.79. The summed E-state index contributed by atoms with van der Waals surface area (Å²) in [6.07, 6.45) is 3.41. The Morgan fingerprint density at radius 3 is 2.58 bits per heavy atom. The van der Waals surface area contributed by atoms with Gasteiger partial charge in [0.2, 0.25) is 12.3 Å². The summed E-state index contributed by atoms with van der Waals surface area (Å²) in [4.78, 5) is 39.6. The van der Waals surface area contributed by atoms with Gasteiger partial charge in [-0.25, -0.2) is 14.4 Å². The highest BCUT2D eigenvalue weighted by Gasteiger charge is 2.21. The van der Waals surface area contributed by atoms with Crippen LogP contribution in [0.1, 0.15) is 43.1 Å². The van der Waals surface area contributed by atoms with Gasteiger partial charge >= 0.3 is 0 Å². The van der Waals surface area contributed by atoms with Gasteiger partial charge in [-0.2, -0.15) is 0 Å². The van der Waals surface area contributed by atoms with Gasteiger partial charge in [-0.15, -0.1) is 0 Å². The molecule has 9 heteroatoms. The normalized spacial score (nSPS) is 11.5. The average molecular weight is 430 g/mol. The van der Waals surface area contributed by atoms with Crippen LogP contribution in [0.15, 0.2) is 42.5 Å². The van der Waals surface area contributed by atoms with E-state index in [4.69, 9.17) is 0 Å². The van der Waals surface area contributed by atoms with Gasteiger partial charge in [-0.3, -0.25) is 19.6 Å². The zero-order valence-electron chi connectivity index (χ0n) is 17.4. The molecule has 2 rings (SSSR count). The van der Waals surface area contributed by atoms with E-state index in [9.17, 15) is 24.0 Å². The van der Waals surface area contributed by atoms with Crippen LogP contribution in [-0.4, -0.2) is 46.7 Å². The number of benzene rings is 1. The number of pyridine rings is 1. The van der Waals surface area contributed by atoms with Crippen molar-refractivity contribution in [2.75, 3.05) is 13.2 Å². The van der Waals surface area contributed by atoms with E-state index >= 15 is 0 Å². The summed E-state index contributed by atoms with van der Waals surface area (Å²) >= 11 is 0. The summed E-state index contributed by atoms with van der Waals surface area (Å²) in [5.74, 6) is -2.12. The molecule has 8 nitrogen and oxygen atoms in total. The number of aromatic nitrogens is 1. The molecule has 3 amide bonds. The lowest BCUT2D eigenvalue weighted by Gasteiger charge is -2.19. The Kier molecular flexibility index (Phi) is 9.57. The molecule has 0 bridgehead atoms. The molecule has 166 valence electrons. The van der Waals surface area contributed by atoms with Crippen molar-refractivity contribution in [1.82, 2.24) is 20.7 Å². The fraction of sp³-hybridized carbons (Fsp3) is 0.364. The number of nitrogens with one attached hydrogen (secondary N) is 2. The first-order valence-electron chi connectivity index (χ1n) is 10.1. The third-order valence-electron chi connectivity index (χ3n) is 4.69. The molecular weight excluding hydrogens is 403 g/mol. The maximum absolute atomic E-state index is 14.1. The SMILES string of the molecule is CCCCCC(CN(O)C=O)C(=O)NCNC(=O)c1ccc(F)c(-c2ccccc2)n1. The number of nitrogens with zero attached hydrogens (tertiary/aromatic N) is 2. The molecular formula is C22H27FN4O4. The molecule has 3 N–H and O–H groups in total. The standard InChI is InChI=1S/C22H27FN4O4/c1-2-3-5-10-17(13-27(31)15-28)21(29)24-14-25-22(30)19-12-11-18(23)20(26-19)16-8-6-4-7-9-16/h4,6-9,11-12,15,17,31H,2-3,5,10,13-14H2,1H3,(H,24,29)(H,25,30). The smallest absolute Gasteiger partial charge is 0.271 e. The number of hydroxylamine groups is 2. The monoisotopic (exact) mass is 430 g/mol. The van der Waals surface area contributed by atoms with Crippen LogP contribution in [0.3, 0.4) is 0 Å². The molecule has 1 aromatic heterocycles. The molecule has 0 saturated heterocycles. The summed E-state index contributed by atoms with van der Waals surface area (Å²) in [6, 6.07) is 11.1. The minimum absolute atomic E-state index is 0.0106. The minimum atomic E-state index is -0.604. The van der Waals surface area contributed by atoms with Crippen LogP contribution in [0.2, 0.25) is 0 Å². The van der Waals surface area contributed by atoms with Crippen molar-refractivity contribution in [2.24, 2.45) is 5.92 Å². The lowest BCUT2D eigenvalue weighted by atomic mass is 10.0. The number of carbonyl (C=O) groups excluding carboxylic acids is 3. The molecule has 1 aromatic carbocycles. The van der Waals surface area contributed by atoms with Crippen LogP contribution in [0.4, 0.5) is 4.39 Å². The van der Waals surface area contributed by atoms with Crippen LogP contribution in [0.25, 0.3) is 11.3 Å². The Bertz CT molecular complexity index is 879. The van der Waals surface area contributed by atoms with E-state index < -0.39 is 23.5 Å². The lowest BCUT2D eigenvalue weighted by Crippen LogP contribution is -2.43. The summed E-state index contributed by atoms with van der Waals surface area (Å²) in [7, 11) is 0. The highest BCUT2D eigenvalue weighted by Crippen LogP contribution is 2.20. The summed E-state index contributed by atoms with van der Waals surface area (Å²) in [5.41, 5.74) is 0.614. The third kappa shape index (κ3) is 7.45. The van der Waals surface area contributed by atoms with Gasteiger partial charge in [0.05, 0.1) is 19.1 Å². The molecule has 31 heavy (non-hydrogen) atoms. The maximum Gasteiger partial charge on any atom is 0.271 e. The van der Waals surface area contributed by atoms with Gasteiger partial charge in [0.25, 0.3) is 5.91 Å². The van der Waals surface area contributed by atoms with Crippen molar-refractivity contribution in [2.45, 2.75) is 32.6 Å². The zero-order valence-corrected chi connectivity index (χ0v) is 17.4. The second-order valence-electron chi connectivity index (χ2n) is 7.04. The number of carbonyl (C=O) groups is 3. The number of amides is 3. The largest absolute Gasteiger partial charge is 0.338 e. The maximum atomic E-state index is 14.1. The molecule has 1 heterocycles. The highest BCUT2D eigenvalue weighted by atomic mass is 19.1. The molecule has 0 fully saturated rings. The molecule has 0 saturated carbocycles. The Morgan fingerprint density at radius 2 is 1.90 bits per heavy atom. The van der Waals surface area contributed by atoms with Crippen LogP contribution in [0, 0.1) is 11.7 Å². The van der Waals surface area contributed by atoms with Crippen molar-refractivity contribution in [3.05, 3.63) is 54.0 Å². The van der Waals surface area contributed by atoms with Crippen LogP contribution >= 0.6 is 0 Å². The molecule has 0 spiro atoms.